The number of carbonyl (C=O) groups excluding carboxylic acids is 1. The molecule has 0 spiro atoms. The first-order valence-corrected chi connectivity index (χ1v) is 7.28. The quantitative estimate of drug-likeness (QED) is 0.896. The second kappa shape index (κ2) is 7.21. The van der Waals surface area contributed by atoms with Gasteiger partial charge in [-0.2, -0.15) is 0 Å². The third-order valence-corrected chi connectivity index (χ3v) is 3.42. The molecule has 21 heavy (non-hydrogen) atoms. The summed E-state index contributed by atoms with van der Waals surface area (Å²) in [6.07, 6.45) is -0.221. The molecule has 1 fully saturated rings. The summed E-state index contributed by atoms with van der Waals surface area (Å²) in [6, 6.07) is 1.92. The van der Waals surface area contributed by atoms with Crippen molar-refractivity contribution in [3.8, 4) is 0 Å². The standard InChI is InChI=1S/C14H23N5O2/c1-4-21-14(20)19-7-5-18(6-8-19)10-13-16-11(2)9-12(15-3)17-13/h9H,4-8,10H2,1-3H3,(H,15,16,17). The SMILES string of the molecule is CCOC(=O)N1CCN(Cc2nc(C)cc(NC)n2)CC1. The summed E-state index contributed by atoms with van der Waals surface area (Å²) in [4.78, 5) is 24.6. The minimum absolute atomic E-state index is 0.221. The number of hydrogen-bond acceptors (Lipinski definition) is 6. The monoisotopic (exact) mass is 293 g/mol. The number of piperazine rings is 1. The highest BCUT2D eigenvalue weighted by atomic mass is 16.6. The summed E-state index contributed by atoms with van der Waals surface area (Å²) in [7, 11) is 1.85. The molecule has 0 aromatic carbocycles. The Kier molecular flexibility index (Phi) is 5.32. The van der Waals surface area contributed by atoms with Gasteiger partial charge in [0.1, 0.15) is 11.6 Å². The van der Waals surface area contributed by atoms with Crippen molar-refractivity contribution in [3.05, 3.63) is 17.6 Å². The number of amides is 1. The Bertz CT molecular complexity index is 486. The summed E-state index contributed by atoms with van der Waals surface area (Å²) >= 11 is 0. The summed E-state index contributed by atoms with van der Waals surface area (Å²) in [5.74, 6) is 1.64. The zero-order valence-corrected chi connectivity index (χ0v) is 12.9. The second-order valence-electron chi connectivity index (χ2n) is 5.02. The number of hydrogen-bond donors (Lipinski definition) is 1. The van der Waals surface area contributed by atoms with Gasteiger partial charge in [0.2, 0.25) is 0 Å². The Labute approximate surface area is 125 Å². The zero-order valence-electron chi connectivity index (χ0n) is 12.9. The number of aryl methyl sites for hydroxylation is 1. The Morgan fingerprint density at radius 1 is 1.33 bits per heavy atom. The summed E-state index contributed by atoms with van der Waals surface area (Å²) in [6.45, 7) is 7.90. The molecule has 2 rings (SSSR count). The Morgan fingerprint density at radius 2 is 2.05 bits per heavy atom. The van der Waals surface area contributed by atoms with Crippen LogP contribution in [0.1, 0.15) is 18.4 Å². The van der Waals surface area contributed by atoms with Crippen molar-refractivity contribution < 1.29 is 9.53 Å². The molecule has 1 aromatic rings. The molecule has 1 saturated heterocycles. The Hall–Kier alpha value is -1.89. The number of ether oxygens (including phenoxy) is 1. The minimum atomic E-state index is -0.221. The van der Waals surface area contributed by atoms with Gasteiger partial charge in [-0.1, -0.05) is 0 Å². The summed E-state index contributed by atoms with van der Waals surface area (Å²) in [5, 5.41) is 3.04. The summed E-state index contributed by atoms with van der Waals surface area (Å²) in [5.41, 5.74) is 0.953. The molecule has 1 amide bonds. The van der Waals surface area contributed by atoms with Crippen molar-refractivity contribution in [1.82, 2.24) is 19.8 Å². The van der Waals surface area contributed by atoms with Crippen LogP contribution in [0, 0.1) is 6.92 Å². The van der Waals surface area contributed by atoms with Gasteiger partial charge in [0.15, 0.2) is 0 Å². The van der Waals surface area contributed by atoms with Crippen LogP contribution in [-0.2, 0) is 11.3 Å². The van der Waals surface area contributed by atoms with E-state index in [2.05, 4.69) is 20.2 Å². The third-order valence-electron chi connectivity index (χ3n) is 3.42. The first kappa shape index (κ1) is 15.5. The molecule has 1 aromatic heterocycles. The van der Waals surface area contributed by atoms with Crippen LogP contribution in [0.4, 0.5) is 10.6 Å². The van der Waals surface area contributed by atoms with Gasteiger partial charge in [-0.25, -0.2) is 14.8 Å². The van der Waals surface area contributed by atoms with Crippen LogP contribution in [0.5, 0.6) is 0 Å². The molecule has 1 N–H and O–H groups in total. The predicted molar refractivity (Wildman–Crippen MR) is 80.2 cm³/mol. The predicted octanol–water partition coefficient (Wildman–Crippen LogP) is 1.10. The van der Waals surface area contributed by atoms with E-state index in [9.17, 15) is 4.79 Å². The molecule has 0 atom stereocenters. The largest absolute Gasteiger partial charge is 0.450 e. The fraction of sp³-hybridized carbons (Fsp3) is 0.643. The van der Waals surface area contributed by atoms with E-state index in [1.807, 2.05) is 27.0 Å². The van der Waals surface area contributed by atoms with E-state index < -0.39 is 0 Å². The highest BCUT2D eigenvalue weighted by Gasteiger charge is 2.22. The molecule has 1 aliphatic heterocycles. The molecule has 7 heteroatoms. The van der Waals surface area contributed by atoms with Gasteiger partial charge in [-0.3, -0.25) is 4.90 Å². The van der Waals surface area contributed by atoms with Gasteiger partial charge in [-0.15, -0.1) is 0 Å². The maximum Gasteiger partial charge on any atom is 0.409 e. The van der Waals surface area contributed by atoms with E-state index in [1.54, 1.807) is 4.90 Å². The first-order valence-electron chi connectivity index (χ1n) is 7.28. The maximum absolute atomic E-state index is 11.6. The molecule has 2 heterocycles. The molecular formula is C14H23N5O2. The number of nitrogens with one attached hydrogen (secondary N) is 1. The molecule has 1 aliphatic rings. The zero-order chi connectivity index (χ0) is 15.2. The van der Waals surface area contributed by atoms with E-state index in [0.717, 1.165) is 30.4 Å². The van der Waals surface area contributed by atoms with Crippen molar-refractivity contribution in [1.29, 1.82) is 0 Å². The second-order valence-corrected chi connectivity index (χ2v) is 5.02. The number of nitrogens with zero attached hydrogens (tertiary/aromatic N) is 4. The van der Waals surface area contributed by atoms with Crippen molar-refractivity contribution in [3.63, 3.8) is 0 Å². The van der Waals surface area contributed by atoms with Crippen LogP contribution >= 0.6 is 0 Å². The van der Waals surface area contributed by atoms with Crippen LogP contribution in [-0.4, -0.2) is 65.7 Å². The first-order chi connectivity index (χ1) is 10.1. The molecule has 0 unspecified atom stereocenters. The lowest BCUT2D eigenvalue weighted by molar-refractivity contribution is 0.0772. The van der Waals surface area contributed by atoms with Crippen molar-refractivity contribution >= 4 is 11.9 Å². The maximum atomic E-state index is 11.6. The van der Waals surface area contributed by atoms with Crippen molar-refractivity contribution in [2.75, 3.05) is 45.2 Å². The van der Waals surface area contributed by atoms with Gasteiger partial charge < -0.3 is 15.0 Å². The topological polar surface area (TPSA) is 70.6 Å². The minimum Gasteiger partial charge on any atom is -0.450 e. The molecule has 7 nitrogen and oxygen atoms in total. The Balaban J connectivity index is 1.89. The van der Waals surface area contributed by atoms with Crippen molar-refractivity contribution in [2.45, 2.75) is 20.4 Å². The van der Waals surface area contributed by atoms with Gasteiger partial charge >= 0.3 is 6.09 Å². The fourth-order valence-corrected chi connectivity index (χ4v) is 2.33. The highest BCUT2D eigenvalue weighted by Crippen LogP contribution is 2.10. The Morgan fingerprint density at radius 3 is 2.67 bits per heavy atom. The van der Waals surface area contributed by atoms with Gasteiger partial charge in [0.25, 0.3) is 0 Å². The van der Waals surface area contributed by atoms with Crippen LogP contribution in [0.2, 0.25) is 0 Å². The van der Waals surface area contributed by atoms with Crippen LogP contribution in [0.3, 0.4) is 0 Å². The normalized spacial score (nSPS) is 15.9. The highest BCUT2D eigenvalue weighted by molar-refractivity contribution is 5.67. The third kappa shape index (κ3) is 4.29. The average Bonchev–Trinajstić information content (AvgIpc) is 2.47. The van der Waals surface area contributed by atoms with E-state index in [-0.39, 0.29) is 6.09 Å². The van der Waals surface area contributed by atoms with Crippen LogP contribution < -0.4 is 5.32 Å². The lowest BCUT2D eigenvalue weighted by Gasteiger charge is -2.33. The lowest BCUT2D eigenvalue weighted by Crippen LogP contribution is -2.48. The lowest BCUT2D eigenvalue weighted by atomic mass is 10.3. The number of carbonyl (C=O) groups is 1. The number of anilines is 1. The van der Waals surface area contributed by atoms with Gasteiger partial charge in [0, 0.05) is 45.0 Å². The fourth-order valence-electron chi connectivity index (χ4n) is 2.33. The molecular weight excluding hydrogens is 270 g/mol. The van der Waals surface area contributed by atoms with E-state index in [0.29, 0.717) is 26.2 Å². The molecule has 0 aliphatic carbocycles. The molecule has 0 saturated carbocycles. The van der Waals surface area contributed by atoms with E-state index in [4.69, 9.17) is 4.74 Å². The molecule has 0 radical (unpaired) electrons. The molecule has 0 bridgehead atoms. The van der Waals surface area contributed by atoms with Gasteiger partial charge in [-0.05, 0) is 13.8 Å². The van der Waals surface area contributed by atoms with Crippen LogP contribution in [0.25, 0.3) is 0 Å². The number of rotatable bonds is 4. The molecule has 116 valence electrons. The smallest absolute Gasteiger partial charge is 0.409 e. The van der Waals surface area contributed by atoms with E-state index in [1.165, 1.54) is 0 Å². The number of aromatic nitrogens is 2. The van der Waals surface area contributed by atoms with Crippen LogP contribution in [0.15, 0.2) is 6.07 Å². The van der Waals surface area contributed by atoms with Gasteiger partial charge in [0.05, 0.1) is 13.2 Å². The van der Waals surface area contributed by atoms with E-state index >= 15 is 0 Å². The average molecular weight is 293 g/mol. The summed E-state index contributed by atoms with van der Waals surface area (Å²) < 4.78 is 5.02. The van der Waals surface area contributed by atoms with Crippen molar-refractivity contribution in [2.24, 2.45) is 0 Å².